The van der Waals surface area contributed by atoms with Crippen molar-refractivity contribution in [2.24, 2.45) is 5.92 Å². The summed E-state index contributed by atoms with van der Waals surface area (Å²) in [6, 6.07) is 12.1. The molecule has 2 fully saturated rings. The van der Waals surface area contributed by atoms with E-state index in [-0.39, 0.29) is 5.60 Å². The Kier molecular flexibility index (Phi) is 4.59. The van der Waals surface area contributed by atoms with Crippen LogP contribution < -0.4 is 9.47 Å². The van der Waals surface area contributed by atoms with Crippen LogP contribution in [0.2, 0.25) is 0 Å². The molecule has 1 aromatic carbocycles. The van der Waals surface area contributed by atoms with Gasteiger partial charge in [0.15, 0.2) is 0 Å². The lowest BCUT2D eigenvalue weighted by molar-refractivity contribution is -0.140. The first-order valence-electron chi connectivity index (χ1n) is 8.79. The molecule has 25 heavy (non-hydrogen) atoms. The number of pyridine rings is 1. The van der Waals surface area contributed by atoms with Crippen molar-refractivity contribution in [3.63, 3.8) is 0 Å². The minimum absolute atomic E-state index is 0.0331. The highest BCUT2D eigenvalue weighted by atomic mass is 16.5. The molecule has 2 saturated heterocycles. The second-order valence-electron chi connectivity index (χ2n) is 6.89. The summed E-state index contributed by atoms with van der Waals surface area (Å²) in [6.07, 6.45) is 4.59. The van der Waals surface area contributed by atoms with Crippen LogP contribution in [0.3, 0.4) is 0 Å². The third-order valence-electron chi connectivity index (χ3n) is 5.23. The highest BCUT2D eigenvalue weighted by molar-refractivity contribution is 5.27. The van der Waals surface area contributed by atoms with Crippen LogP contribution in [-0.2, 0) is 11.3 Å². The van der Waals surface area contributed by atoms with E-state index in [4.69, 9.17) is 14.2 Å². The summed E-state index contributed by atoms with van der Waals surface area (Å²) >= 11 is 0. The molecule has 1 atom stereocenters. The number of hydrogen-bond acceptors (Lipinski definition) is 5. The van der Waals surface area contributed by atoms with E-state index in [9.17, 15) is 0 Å². The smallest absolute Gasteiger partial charge is 0.137 e. The monoisotopic (exact) mass is 340 g/mol. The lowest BCUT2D eigenvalue weighted by Gasteiger charge is -2.50. The van der Waals surface area contributed by atoms with Crippen molar-refractivity contribution in [2.45, 2.75) is 18.6 Å². The van der Waals surface area contributed by atoms with Crippen LogP contribution in [0.1, 0.15) is 12.0 Å². The average Bonchev–Trinajstić information content (AvgIpc) is 3.05. The summed E-state index contributed by atoms with van der Waals surface area (Å²) < 4.78 is 17.3. The van der Waals surface area contributed by atoms with Gasteiger partial charge in [0.25, 0.3) is 0 Å². The van der Waals surface area contributed by atoms with Gasteiger partial charge in [-0.25, -0.2) is 0 Å². The van der Waals surface area contributed by atoms with E-state index >= 15 is 0 Å². The molecule has 0 radical (unpaired) electrons. The SMILES string of the molecule is COc1ccc(CN2CC3(C2)OCCC3COc2cccnc2)cc1. The van der Waals surface area contributed by atoms with Gasteiger partial charge in [-0.3, -0.25) is 9.88 Å². The zero-order chi connectivity index (χ0) is 17.1. The molecule has 5 heteroatoms. The van der Waals surface area contributed by atoms with Crippen LogP contribution >= 0.6 is 0 Å². The fourth-order valence-electron chi connectivity index (χ4n) is 3.81. The molecule has 1 spiro atoms. The Bertz CT molecular complexity index is 684. The second kappa shape index (κ2) is 7.02. The van der Waals surface area contributed by atoms with Gasteiger partial charge in [-0.15, -0.1) is 0 Å². The molecule has 4 rings (SSSR count). The molecule has 0 N–H and O–H groups in total. The normalized spacial score (nSPS) is 21.9. The molecule has 2 aliphatic heterocycles. The maximum absolute atomic E-state index is 6.12. The Morgan fingerprint density at radius 3 is 2.76 bits per heavy atom. The highest BCUT2D eigenvalue weighted by Crippen LogP contribution is 2.40. The maximum Gasteiger partial charge on any atom is 0.137 e. The van der Waals surface area contributed by atoms with Crippen LogP contribution in [0.15, 0.2) is 48.8 Å². The summed E-state index contributed by atoms with van der Waals surface area (Å²) in [4.78, 5) is 6.53. The molecule has 5 nitrogen and oxygen atoms in total. The van der Waals surface area contributed by atoms with Crippen LogP contribution in [0.5, 0.6) is 11.5 Å². The summed E-state index contributed by atoms with van der Waals surface area (Å²) in [5.41, 5.74) is 1.27. The molecule has 3 heterocycles. The first kappa shape index (κ1) is 16.4. The van der Waals surface area contributed by atoms with Crippen LogP contribution in [0.25, 0.3) is 0 Å². The molecule has 132 valence electrons. The summed E-state index contributed by atoms with van der Waals surface area (Å²) in [6.45, 7) is 4.42. The van der Waals surface area contributed by atoms with Crippen molar-refractivity contribution >= 4 is 0 Å². The first-order chi connectivity index (χ1) is 12.3. The van der Waals surface area contributed by atoms with Gasteiger partial charge >= 0.3 is 0 Å². The molecule has 2 aliphatic rings. The van der Waals surface area contributed by atoms with Crippen molar-refractivity contribution in [3.8, 4) is 11.5 Å². The number of benzene rings is 1. The molecule has 0 saturated carbocycles. The standard InChI is InChI=1S/C20H24N2O3/c1-23-18-6-4-16(5-7-18)12-22-14-20(15-22)17(8-10-25-20)13-24-19-3-2-9-21-11-19/h2-7,9,11,17H,8,10,12-15H2,1H3. The Balaban J connectivity index is 1.30. The Morgan fingerprint density at radius 1 is 1.20 bits per heavy atom. The summed E-state index contributed by atoms with van der Waals surface area (Å²) in [5.74, 6) is 2.18. The van der Waals surface area contributed by atoms with Crippen molar-refractivity contribution < 1.29 is 14.2 Å². The van der Waals surface area contributed by atoms with Crippen molar-refractivity contribution in [1.82, 2.24) is 9.88 Å². The number of aromatic nitrogens is 1. The van der Waals surface area contributed by atoms with Gasteiger partial charge in [-0.2, -0.15) is 0 Å². The first-order valence-corrected chi connectivity index (χ1v) is 8.79. The van der Waals surface area contributed by atoms with E-state index in [1.54, 1.807) is 19.5 Å². The van der Waals surface area contributed by atoms with E-state index in [2.05, 4.69) is 22.0 Å². The van der Waals surface area contributed by atoms with Gasteiger partial charge in [0.2, 0.25) is 0 Å². The maximum atomic E-state index is 6.12. The molecule has 0 aliphatic carbocycles. The van der Waals surface area contributed by atoms with E-state index in [0.29, 0.717) is 12.5 Å². The van der Waals surface area contributed by atoms with Gasteiger partial charge in [-0.05, 0) is 36.2 Å². The Hall–Kier alpha value is -2.11. The minimum atomic E-state index is -0.0331. The van der Waals surface area contributed by atoms with E-state index < -0.39 is 0 Å². The van der Waals surface area contributed by atoms with Crippen molar-refractivity contribution in [3.05, 3.63) is 54.4 Å². The lowest BCUT2D eigenvalue weighted by Crippen LogP contribution is -2.64. The molecule has 0 amide bonds. The zero-order valence-electron chi connectivity index (χ0n) is 14.6. The van der Waals surface area contributed by atoms with Crippen LogP contribution in [0, 0.1) is 5.92 Å². The van der Waals surface area contributed by atoms with E-state index in [0.717, 1.165) is 44.2 Å². The van der Waals surface area contributed by atoms with Crippen molar-refractivity contribution in [2.75, 3.05) is 33.4 Å². The van der Waals surface area contributed by atoms with Gasteiger partial charge in [0, 0.05) is 38.4 Å². The summed E-state index contributed by atoms with van der Waals surface area (Å²) in [5, 5.41) is 0. The van der Waals surface area contributed by atoms with Gasteiger partial charge in [0.05, 0.1) is 25.5 Å². The minimum Gasteiger partial charge on any atom is -0.497 e. The molecule has 2 aromatic rings. The Morgan fingerprint density at radius 2 is 2.04 bits per heavy atom. The van der Waals surface area contributed by atoms with E-state index in [1.165, 1.54) is 5.56 Å². The Labute approximate surface area is 148 Å². The number of methoxy groups -OCH3 is 1. The average molecular weight is 340 g/mol. The molecule has 1 unspecified atom stereocenters. The summed E-state index contributed by atoms with van der Waals surface area (Å²) in [7, 11) is 1.69. The quantitative estimate of drug-likeness (QED) is 0.809. The molecular weight excluding hydrogens is 316 g/mol. The van der Waals surface area contributed by atoms with Crippen LogP contribution in [-0.4, -0.2) is 48.9 Å². The molecule has 0 bridgehead atoms. The number of nitrogens with zero attached hydrogens (tertiary/aromatic N) is 2. The van der Waals surface area contributed by atoms with Gasteiger partial charge in [0.1, 0.15) is 11.5 Å². The van der Waals surface area contributed by atoms with Crippen LogP contribution in [0.4, 0.5) is 0 Å². The predicted octanol–water partition coefficient (Wildman–Crippen LogP) is 2.76. The molecule has 1 aromatic heterocycles. The zero-order valence-corrected chi connectivity index (χ0v) is 14.6. The molecular formula is C20H24N2O3. The lowest BCUT2D eigenvalue weighted by atomic mass is 9.81. The fraction of sp³-hybridized carbons (Fsp3) is 0.450. The number of rotatable bonds is 6. The highest BCUT2D eigenvalue weighted by Gasteiger charge is 2.53. The largest absolute Gasteiger partial charge is 0.497 e. The van der Waals surface area contributed by atoms with Gasteiger partial charge in [-0.1, -0.05) is 12.1 Å². The van der Waals surface area contributed by atoms with Gasteiger partial charge < -0.3 is 14.2 Å². The predicted molar refractivity (Wildman–Crippen MR) is 94.8 cm³/mol. The second-order valence-corrected chi connectivity index (χ2v) is 6.89. The van der Waals surface area contributed by atoms with E-state index in [1.807, 2.05) is 24.3 Å². The number of ether oxygens (including phenoxy) is 3. The van der Waals surface area contributed by atoms with Crippen molar-refractivity contribution in [1.29, 1.82) is 0 Å². The topological polar surface area (TPSA) is 43.8 Å². The number of likely N-dealkylation sites (tertiary alicyclic amines) is 1. The third-order valence-corrected chi connectivity index (χ3v) is 5.23. The third kappa shape index (κ3) is 3.48. The fourth-order valence-corrected chi connectivity index (χ4v) is 3.81. The number of hydrogen-bond donors (Lipinski definition) is 0.